The average Bonchev–Trinajstić information content (AvgIpc) is 2.19. The maximum absolute atomic E-state index is 9.86. The molecule has 1 aliphatic carbocycles. The van der Waals surface area contributed by atoms with E-state index in [-0.39, 0.29) is 5.60 Å². The van der Waals surface area contributed by atoms with Crippen LogP contribution >= 0.6 is 0 Å². The quantitative estimate of drug-likeness (QED) is 0.673. The molecule has 0 aromatic heterocycles. The molecule has 1 N–H and O–H groups in total. The topological polar surface area (TPSA) is 29.5 Å². The monoisotopic (exact) mass is 182 g/mol. The first kappa shape index (κ1) is 10.6. The van der Waals surface area contributed by atoms with Crippen molar-refractivity contribution in [1.29, 1.82) is 0 Å². The number of aliphatic hydroxyl groups excluding tert-OH is 1. The van der Waals surface area contributed by atoms with Crippen molar-refractivity contribution in [1.82, 2.24) is 0 Å². The molecular weight excluding hydrogens is 164 g/mol. The first-order chi connectivity index (χ1) is 6.25. The van der Waals surface area contributed by atoms with Gasteiger partial charge in [-0.2, -0.15) is 0 Å². The van der Waals surface area contributed by atoms with Crippen molar-refractivity contribution in [3.05, 3.63) is 0 Å². The molecule has 0 spiro atoms. The van der Waals surface area contributed by atoms with Gasteiger partial charge in [-0.05, 0) is 12.8 Å². The van der Waals surface area contributed by atoms with Gasteiger partial charge in [0.25, 0.3) is 0 Å². The summed E-state index contributed by atoms with van der Waals surface area (Å²) in [5, 5.41) is 9.86. The van der Waals surface area contributed by atoms with Crippen molar-refractivity contribution in [2.75, 3.05) is 7.11 Å². The molecule has 1 rings (SSSR count). The van der Waals surface area contributed by atoms with Gasteiger partial charge in [-0.25, -0.2) is 0 Å². The van der Waals surface area contributed by atoms with E-state index in [0.717, 1.165) is 25.7 Å². The van der Waals surface area contributed by atoms with Gasteiger partial charge in [-0.3, -0.25) is 0 Å². The van der Waals surface area contributed by atoms with Crippen LogP contribution in [-0.2, 0) is 4.74 Å². The van der Waals surface area contributed by atoms with Crippen LogP contribution in [0.1, 0.15) is 38.5 Å². The standard InChI is InChI=1S/C11H18O2/c1-3-7-10(12)11(13-2)8-5-4-6-9-11/h1,10,12H,4-9H2,2H3. The van der Waals surface area contributed by atoms with Crippen molar-refractivity contribution >= 4 is 0 Å². The lowest BCUT2D eigenvalue weighted by Crippen LogP contribution is -2.45. The van der Waals surface area contributed by atoms with E-state index in [4.69, 9.17) is 11.2 Å². The van der Waals surface area contributed by atoms with Crippen molar-refractivity contribution in [3.63, 3.8) is 0 Å². The average molecular weight is 182 g/mol. The highest BCUT2D eigenvalue weighted by atomic mass is 16.5. The Balaban J connectivity index is 2.61. The number of hydrogen-bond donors (Lipinski definition) is 1. The molecule has 1 unspecified atom stereocenters. The number of rotatable bonds is 3. The zero-order valence-corrected chi connectivity index (χ0v) is 8.25. The number of ether oxygens (including phenoxy) is 1. The molecule has 1 atom stereocenters. The van der Waals surface area contributed by atoms with E-state index in [1.54, 1.807) is 7.11 Å². The molecule has 2 nitrogen and oxygen atoms in total. The minimum atomic E-state index is -0.497. The summed E-state index contributed by atoms with van der Waals surface area (Å²) in [5.41, 5.74) is -0.357. The predicted molar refractivity (Wildman–Crippen MR) is 52.3 cm³/mol. The maximum Gasteiger partial charge on any atom is 0.0945 e. The van der Waals surface area contributed by atoms with Crippen molar-refractivity contribution in [2.24, 2.45) is 0 Å². The van der Waals surface area contributed by atoms with Crippen LogP contribution < -0.4 is 0 Å². The number of methoxy groups -OCH3 is 1. The second kappa shape index (κ2) is 4.64. The summed E-state index contributed by atoms with van der Waals surface area (Å²) in [4.78, 5) is 0. The largest absolute Gasteiger partial charge is 0.389 e. The van der Waals surface area contributed by atoms with Gasteiger partial charge in [0.2, 0.25) is 0 Å². The Morgan fingerprint density at radius 2 is 2.08 bits per heavy atom. The molecule has 0 saturated heterocycles. The fourth-order valence-corrected chi connectivity index (χ4v) is 2.12. The molecule has 0 aliphatic heterocycles. The Labute approximate surface area is 80.3 Å². The lowest BCUT2D eigenvalue weighted by atomic mass is 9.79. The van der Waals surface area contributed by atoms with Crippen LogP contribution in [0.2, 0.25) is 0 Å². The molecule has 1 saturated carbocycles. The fourth-order valence-electron chi connectivity index (χ4n) is 2.12. The highest BCUT2D eigenvalue weighted by Gasteiger charge is 2.38. The predicted octanol–water partition coefficient (Wildman–Crippen LogP) is 1.72. The Morgan fingerprint density at radius 1 is 1.46 bits per heavy atom. The van der Waals surface area contributed by atoms with Crippen LogP contribution in [0.25, 0.3) is 0 Å². The van der Waals surface area contributed by atoms with Gasteiger partial charge in [0.1, 0.15) is 0 Å². The van der Waals surface area contributed by atoms with Crippen LogP contribution in [0.15, 0.2) is 0 Å². The minimum absolute atomic E-state index is 0.357. The Kier molecular flexibility index (Phi) is 3.77. The smallest absolute Gasteiger partial charge is 0.0945 e. The zero-order chi connectivity index (χ0) is 9.73. The van der Waals surface area contributed by atoms with Crippen LogP contribution in [0.5, 0.6) is 0 Å². The molecular formula is C11H18O2. The van der Waals surface area contributed by atoms with Crippen LogP contribution in [0.4, 0.5) is 0 Å². The van der Waals surface area contributed by atoms with Crippen molar-refractivity contribution in [3.8, 4) is 12.3 Å². The summed E-state index contributed by atoms with van der Waals surface area (Å²) in [6.45, 7) is 0. The van der Waals surface area contributed by atoms with Gasteiger partial charge in [0.15, 0.2) is 0 Å². The second-order valence-corrected chi connectivity index (χ2v) is 3.75. The zero-order valence-electron chi connectivity index (χ0n) is 8.25. The van der Waals surface area contributed by atoms with E-state index in [9.17, 15) is 5.11 Å². The summed E-state index contributed by atoms with van der Waals surface area (Å²) in [5.74, 6) is 2.49. The minimum Gasteiger partial charge on any atom is -0.389 e. The van der Waals surface area contributed by atoms with E-state index in [2.05, 4.69) is 5.92 Å². The molecule has 0 aromatic carbocycles. The molecule has 0 bridgehead atoms. The Hall–Kier alpha value is -0.520. The van der Waals surface area contributed by atoms with Gasteiger partial charge in [0.05, 0.1) is 11.7 Å². The van der Waals surface area contributed by atoms with Crippen LogP contribution in [0.3, 0.4) is 0 Å². The molecule has 0 amide bonds. The molecule has 2 heteroatoms. The molecule has 74 valence electrons. The third-order valence-electron chi connectivity index (χ3n) is 3.02. The van der Waals surface area contributed by atoms with Gasteiger partial charge in [0, 0.05) is 13.5 Å². The summed E-state index contributed by atoms with van der Waals surface area (Å²) in [6, 6.07) is 0. The van der Waals surface area contributed by atoms with E-state index >= 15 is 0 Å². The molecule has 0 radical (unpaired) electrons. The van der Waals surface area contributed by atoms with E-state index in [0.29, 0.717) is 6.42 Å². The summed E-state index contributed by atoms with van der Waals surface area (Å²) in [6.07, 6.45) is 10.5. The van der Waals surface area contributed by atoms with Crippen molar-refractivity contribution < 1.29 is 9.84 Å². The Morgan fingerprint density at radius 3 is 2.54 bits per heavy atom. The lowest BCUT2D eigenvalue weighted by molar-refractivity contribution is -0.120. The lowest BCUT2D eigenvalue weighted by Gasteiger charge is -2.39. The van der Waals surface area contributed by atoms with E-state index in [1.165, 1.54) is 6.42 Å². The maximum atomic E-state index is 9.86. The first-order valence-corrected chi connectivity index (χ1v) is 4.92. The van der Waals surface area contributed by atoms with E-state index < -0.39 is 6.10 Å². The molecule has 1 fully saturated rings. The van der Waals surface area contributed by atoms with Gasteiger partial charge < -0.3 is 9.84 Å². The molecule has 13 heavy (non-hydrogen) atoms. The summed E-state index contributed by atoms with van der Waals surface area (Å²) < 4.78 is 5.45. The molecule has 1 aliphatic rings. The highest BCUT2D eigenvalue weighted by molar-refractivity contribution is 4.98. The molecule has 0 heterocycles. The third-order valence-corrected chi connectivity index (χ3v) is 3.02. The van der Waals surface area contributed by atoms with Gasteiger partial charge in [-0.1, -0.05) is 19.3 Å². The summed E-state index contributed by atoms with van der Waals surface area (Å²) in [7, 11) is 1.67. The normalized spacial score (nSPS) is 23.5. The van der Waals surface area contributed by atoms with Gasteiger partial charge >= 0.3 is 0 Å². The fraction of sp³-hybridized carbons (Fsp3) is 0.818. The van der Waals surface area contributed by atoms with Crippen LogP contribution in [0, 0.1) is 12.3 Å². The van der Waals surface area contributed by atoms with Crippen molar-refractivity contribution in [2.45, 2.75) is 50.2 Å². The molecule has 0 aromatic rings. The first-order valence-electron chi connectivity index (χ1n) is 4.92. The SMILES string of the molecule is C#CCC(O)C1(OC)CCCCC1. The third kappa shape index (κ3) is 2.24. The van der Waals surface area contributed by atoms with Gasteiger partial charge in [-0.15, -0.1) is 12.3 Å². The Bertz CT molecular complexity index is 187. The number of aliphatic hydroxyl groups is 1. The summed E-state index contributed by atoms with van der Waals surface area (Å²) >= 11 is 0. The van der Waals surface area contributed by atoms with Crippen LogP contribution in [-0.4, -0.2) is 23.9 Å². The number of hydrogen-bond acceptors (Lipinski definition) is 2. The highest BCUT2D eigenvalue weighted by Crippen LogP contribution is 2.34. The van der Waals surface area contributed by atoms with E-state index in [1.807, 2.05) is 0 Å². The number of terminal acetylenes is 1. The second-order valence-electron chi connectivity index (χ2n) is 3.75.